The number of nitro groups is 1. The smallest absolute Gasteiger partial charge is 0.336 e. The lowest BCUT2D eigenvalue weighted by atomic mass is 10.1. The van der Waals surface area contributed by atoms with Crippen LogP contribution in [0.3, 0.4) is 0 Å². The second-order valence-electron chi connectivity index (χ2n) is 2.92. The number of nitro benzene ring substituents is 1. The summed E-state index contributed by atoms with van der Waals surface area (Å²) in [6.07, 6.45) is 3.23. The fourth-order valence-electron chi connectivity index (χ4n) is 1.17. The minimum Gasteiger partial charge on any atom is -0.478 e. The Labute approximate surface area is 97.0 Å². The van der Waals surface area contributed by atoms with Gasteiger partial charge < -0.3 is 5.11 Å². The molecule has 0 unspecified atom stereocenters. The number of aromatic carboxylic acids is 1. The van der Waals surface area contributed by atoms with E-state index in [0.29, 0.717) is 11.3 Å². The Morgan fingerprint density at radius 2 is 2.25 bits per heavy atom. The van der Waals surface area contributed by atoms with Gasteiger partial charge in [0.2, 0.25) is 0 Å². The van der Waals surface area contributed by atoms with Crippen molar-refractivity contribution >= 4 is 30.4 Å². The lowest BCUT2D eigenvalue weighted by molar-refractivity contribution is -0.384. The molecule has 16 heavy (non-hydrogen) atoms. The average molecular weight is 239 g/mol. The quantitative estimate of drug-likeness (QED) is 0.479. The van der Waals surface area contributed by atoms with Crippen LogP contribution in [0.15, 0.2) is 24.3 Å². The second-order valence-corrected chi connectivity index (χ2v) is 3.28. The maximum atomic E-state index is 10.9. The van der Waals surface area contributed by atoms with Crippen LogP contribution in [0, 0.1) is 10.1 Å². The summed E-state index contributed by atoms with van der Waals surface area (Å²) >= 11 is 3.95. The third kappa shape index (κ3) is 2.83. The molecule has 6 heteroatoms. The van der Waals surface area contributed by atoms with Gasteiger partial charge in [-0.3, -0.25) is 10.1 Å². The van der Waals surface area contributed by atoms with Gasteiger partial charge >= 0.3 is 5.97 Å². The standard InChI is InChI=1S/C10H9NO4S/c12-10(13)9-6-8(11(14)15)4-3-7(9)2-1-5-16/h1-4,6,16H,5H2,(H,12,13). The molecule has 0 aromatic heterocycles. The van der Waals surface area contributed by atoms with Crippen molar-refractivity contribution in [3.63, 3.8) is 0 Å². The molecule has 0 saturated carbocycles. The Bertz CT molecular complexity index is 456. The maximum absolute atomic E-state index is 10.9. The predicted molar refractivity (Wildman–Crippen MR) is 62.9 cm³/mol. The molecular formula is C10H9NO4S. The monoisotopic (exact) mass is 239 g/mol. The van der Waals surface area contributed by atoms with Gasteiger partial charge in [-0.05, 0) is 11.6 Å². The summed E-state index contributed by atoms with van der Waals surface area (Å²) in [5.74, 6) is -0.724. The van der Waals surface area contributed by atoms with Gasteiger partial charge in [0, 0.05) is 17.9 Å². The zero-order chi connectivity index (χ0) is 12.1. The number of thiol groups is 1. The molecule has 0 spiro atoms. The van der Waals surface area contributed by atoms with Gasteiger partial charge in [0.25, 0.3) is 5.69 Å². The number of non-ortho nitro benzene ring substituents is 1. The molecule has 0 amide bonds. The summed E-state index contributed by atoms with van der Waals surface area (Å²) in [6.45, 7) is 0. The molecular weight excluding hydrogens is 230 g/mol. The van der Waals surface area contributed by atoms with Crippen LogP contribution >= 0.6 is 12.6 Å². The normalized spacial score (nSPS) is 10.6. The van der Waals surface area contributed by atoms with E-state index in [1.54, 1.807) is 12.2 Å². The van der Waals surface area contributed by atoms with Crippen molar-refractivity contribution < 1.29 is 14.8 Å². The number of carboxylic acid groups (broad SMARTS) is 1. The van der Waals surface area contributed by atoms with Crippen molar-refractivity contribution in [2.75, 3.05) is 5.75 Å². The fourth-order valence-corrected chi connectivity index (χ4v) is 1.27. The van der Waals surface area contributed by atoms with Gasteiger partial charge in [0.15, 0.2) is 0 Å². The highest BCUT2D eigenvalue weighted by molar-refractivity contribution is 7.80. The van der Waals surface area contributed by atoms with Crippen molar-refractivity contribution in [3.05, 3.63) is 45.5 Å². The van der Waals surface area contributed by atoms with E-state index in [1.165, 1.54) is 12.1 Å². The van der Waals surface area contributed by atoms with Gasteiger partial charge in [-0.25, -0.2) is 4.79 Å². The average Bonchev–Trinajstić information content (AvgIpc) is 2.25. The Morgan fingerprint density at radius 1 is 1.56 bits per heavy atom. The molecule has 84 valence electrons. The highest BCUT2D eigenvalue weighted by Crippen LogP contribution is 2.19. The number of hydrogen-bond donors (Lipinski definition) is 2. The van der Waals surface area contributed by atoms with E-state index in [-0.39, 0.29) is 11.3 Å². The van der Waals surface area contributed by atoms with Crippen LogP contribution in [0.1, 0.15) is 15.9 Å². The zero-order valence-corrected chi connectivity index (χ0v) is 9.05. The number of nitrogens with zero attached hydrogens (tertiary/aromatic N) is 1. The van der Waals surface area contributed by atoms with E-state index in [4.69, 9.17) is 5.11 Å². The lowest BCUT2D eigenvalue weighted by Gasteiger charge is -2.00. The van der Waals surface area contributed by atoms with Crippen LogP contribution in [0.5, 0.6) is 0 Å². The summed E-state index contributed by atoms with van der Waals surface area (Å²) in [6, 6.07) is 3.71. The minimum atomic E-state index is -1.19. The number of benzene rings is 1. The molecule has 0 saturated heterocycles. The number of carboxylic acids is 1. The largest absolute Gasteiger partial charge is 0.478 e. The van der Waals surface area contributed by atoms with Crippen LogP contribution in [0.2, 0.25) is 0 Å². The first-order valence-corrected chi connectivity index (χ1v) is 4.98. The summed E-state index contributed by atoms with van der Waals surface area (Å²) in [5.41, 5.74) is 0.0970. The molecule has 0 aliphatic carbocycles. The molecule has 0 aliphatic rings. The number of rotatable bonds is 4. The van der Waals surface area contributed by atoms with Gasteiger partial charge in [0.1, 0.15) is 0 Å². The molecule has 1 aromatic carbocycles. The first-order chi connectivity index (χ1) is 7.56. The Morgan fingerprint density at radius 3 is 2.75 bits per heavy atom. The molecule has 0 atom stereocenters. The van der Waals surface area contributed by atoms with E-state index in [2.05, 4.69) is 12.6 Å². The number of hydrogen-bond acceptors (Lipinski definition) is 4. The first-order valence-electron chi connectivity index (χ1n) is 4.35. The molecule has 0 fully saturated rings. The molecule has 0 heterocycles. The van der Waals surface area contributed by atoms with Gasteiger partial charge in [-0.1, -0.05) is 12.2 Å². The number of carbonyl (C=O) groups is 1. The molecule has 0 aliphatic heterocycles. The van der Waals surface area contributed by atoms with Crippen LogP contribution < -0.4 is 0 Å². The molecule has 5 nitrogen and oxygen atoms in total. The van der Waals surface area contributed by atoms with E-state index in [9.17, 15) is 14.9 Å². The molecule has 1 aromatic rings. The zero-order valence-electron chi connectivity index (χ0n) is 8.16. The Hall–Kier alpha value is -1.82. The van der Waals surface area contributed by atoms with Crippen LogP contribution in [0.4, 0.5) is 5.69 Å². The molecule has 1 N–H and O–H groups in total. The third-order valence-electron chi connectivity index (χ3n) is 1.88. The van der Waals surface area contributed by atoms with E-state index in [1.807, 2.05) is 0 Å². The summed E-state index contributed by atoms with van der Waals surface area (Å²) in [4.78, 5) is 20.7. The van der Waals surface area contributed by atoms with Crippen LogP contribution in [-0.4, -0.2) is 21.8 Å². The highest BCUT2D eigenvalue weighted by Gasteiger charge is 2.14. The Balaban J connectivity index is 3.24. The Kier molecular flexibility index (Phi) is 4.07. The molecule has 0 bridgehead atoms. The van der Waals surface area contributed by atoms with Crippen LogP contribution in [0.25, 0.3) is 6.08 Å². The summed E-state index contributed by atoms with van der Waals surface area (Å²) in [5, 5.41) is 19.4. The maximum Gasteiger partial charge on any atom is 0.336 e. The topological polar surface area (TPSA) is 80.4 Å². The van der Waals surface area contributed by atoms with Gasteiger partial charge in [0.05, 0.1) is 10.5 Å². The van der Waals surface area contributed by atoms with Crippen LogP contribution in [-0.2, 0) is 0 Å². The van der Waals surface area contributed by atoms with E-state index in [0.717, 1.165) is 6.07 Å². The lowest BCUT2D eigenvalue weighted by Crippen LogP contribution is -2.01. The minimum absolute atomic E-state index is 0.0905. The SMILES string of the molecule is O=C(O)c1cc([N+](=O)[O-])ccc1C=CCS. The molecule has 0 radical (unpaired) electrons. The predicted octanol–water partition coefficient (Wildman–Crippen LogP) is 2.24. The molecule has 1 rings (SSSR count). The van der Waals surface area contributed by atoms with Crippen molar-refractivity contribution in [2.24, 2.45) is 0 Å². The van der Waals surface area contributed by atoms with Crippen molar-refractivity contribution in [3.8, 4) is 0 Å². The van der Waals surface area contributed by atoms with Crippen molar-refractivity contribution in [1.29, 1.82) is 0 Å². The second kappa shape index (κ2) is 5.32. The van der Waals surface area contributed by atoms with Gasteiger partial charge in [-0.15, -0.1) is 0 Å². The van der Waals surface area contributed by atoms with Crippen molar-refractivity contribution in [2.45, 2.75) is 0 Å². The van der Waals surface area contributed by atoms with Crippen molar-refractivity contribution in [1.82, 2.24) is 0 Å². The summed E-state index contributed by atoms with van der Waals surface area (Å²) < 4.78 is 0. The summed E-state index contributed by atoms with van der Waals surface area (Å²) in [7, 11) is 0. The first kappa shape index (κ1) is 12.3. The third-order valence-corrected chi connectivity index (χ3v) is 2.09. The fraction of sp³-hybridized carbons (Fsp3) is 0.100. The highest BCUT2D eigenvalue weighted by atomic mass is 32.1. The van der Waals surface area contributed by atoms with E-state index < -0.39 is 10.9 Å². The van der Waals surface area contributed by atoms with E-state index >= 15 is 0 Å². The van der Waals surface area contributed by atoms with Gasteiger partial charge in [-0.2, -0.15) is 12.6 Å².